The Hall–Kier alpha value is -9.83. The number of halogens is 2. The van der Waals surface area contributed by atoms with Crippen LogP contribution in [0.15, 0.2) is 108 Å². The number of ether oxygens (including phenoxy) is 5. The van der Waals surface area contributed by atoms with Crippen molar-refractivity contribution in [2.45, 2.75) is 161 Å². The molecule has 15 bridgehead atoms. The molecule has 6 aromatic carbocycles. The van der Waals surface area contributed by atoms with E-state index in [1.165, 1.54) is 49.5 Å². The Morgan fingerprint density at radius 3 is 1.88 bits per heavy atom. The molecule has 6 aromatic rings. The highest BCUT2D eigenvalue weighted by molar-refractivity contribution is 7.90. The lowest BCUT2D eigenvalue weighted by Gasteiger charge is -2.54. The standard InChI is InChI=1S/C78H86Cl2N10O24S/c1-31(2)16-49(82-3)70(99)88-62-64(94)35-5-12-51(47(79)23-35)111-53-25-39-26-54(69(53)114-77-68(98)67(97)66(96)55(30-91)113-77)112-52-13-6-36(24-48(52)80)65(95)63-76(105)87-61(74(103)84-58-37-18-32-17-33(20-37)21-38(58)19-32)44-27-40(92)28-46-57(44)43-22-34(4-11-45(43)78(46,106)107)59(72(101)89-63)86-73(102)60(39)85-71(100)50(83-75(62)104)29-56(93)90-115(108,109)42-9-7-41(8-10-42)110-15-14-81/h4-13,22-28,31-33,37-38,49-50,55,58-68,77,82,91-92,94-98,106-107H,14-21,29-30,81H2,1-3H3,(H,83,104)(H,84,103)(H,85,100)(H,86,102)(H,87,105)(H,88,99)(H,89,101)(H,90,93). The molecule has 115 heavy (non-hydrogen) atoms. The number of aromatic hydroxyl groups is 1. The number of rotatable bonds is 17. The number of aliphatic hydroxyl groups excluding tert-OH is 6. The summed E-state index contributed by atoms with van der Waals surface area (Å²) in [5.74, 6) is -15.5. The Bertz CT molecular complexity index is 4950. The van der Waals surface area contributed by atoms with Crippen molar-refractivity contribution in [3.05, 3.63) is 152 Å². The van der Waals surface area contributed by atoms with Crippen LogP contribution in [0.25, 0.3) is 11.1 Å². The van der Waals surface area contributed by atoms with Gasteiger partial charge in [0, 0.05) is 23.7 Å². The van der Waals surface area contributed by atoms with Crippen molar-refractivity contribution in [2.24, 2.45) is 35.3 Å². The fourth-order valence-electron chi connectivity index (χ4n) is 17.0. The molecule has 6 heterocycles. The monoisotopic (exact) mass is 1650 g/mol. The lowest BCUT2D eigenvalue weighted by molar-refractivity contribution is -0.277. The normalized spacial score (nSPS) is 28.8. The maximum atomic E-state index is 16.4. The Kier molecular flexibility index (Phi) is 23.2. The van der Waals surface area contributed by atoms with Crippen LogP contribution in [0, 0.1) is 29.6 Å². The number of nitrogens with one attached hydrogen (secondary N) is 9. The van der Waals surface area contributed by atoms with Crippen molar-refractivity contribution in [1.82, 2.24) is 47.3 Å². The predicted octanol–water partition coefficient (Wildman–Crippen LogP) is 1.17. The second-order valence-electron chi connectivity index (χ2n) is 30.7. The number of carbonyl (C=O) groups is 8. The third-order valence-electron chi connectivity index (χ3n) is 22.5. The molecule has 17 rings (SSSR count). The number of fused-ring (bicyclic) bond motifs is 12. The van der Waals surface area contributed by atoms with E-state index in [4.69, 9.17) is 52.6 Å². The number of aliphatic hydroxyl groups is 8. The summed E-state index contributed by atoms with van der Waals surface area (Å²) in [6.45, 7) is 2.78. The quantitative estimate of drug-likeness (QED) is 0.0570. The molecule has 612 valence electrons. The first kappa shape index (κ1) is 81.7. The summed E-state index contributed by atoms with van der Waals surface area (Å²) < 4.78 is 60.9. The summed E-state index contributed by atoms with van der Waals surface area (Å²) in [6.07, 6.45) is -11.1. The summed E-state index contributed by atoms with van der Waals surface area (Å²) in [5, 5.41) is 126. The van der Waals surface area contributed by atoms with E-state index in [1.807, 2.05) is 4.72 Å². The van der Waals surface area contributed by atoms with Gasteiger partial charge in [0.2, 0.25) is 65.1 Å². The lowest BCUT2D eigenvalue weighted by Crippen LogP contribution is -2.60. The van der Waals surface area contributed by atoms with Crippen LogP contribution in [0.1, 0.15) is 128 Å². The van der Waals surface area contributed by atoms with Crippen LogP contribution in [0.3, 0.4) is 0 Å². The maximum absolute atomic E-state index is 16.4. The van der Waals surface area contributed by atoms with Crippen molar-refractivity contribution in [2.75, 3.05) is 26.8 Å². The number of sulfonamides is 1. The van der Waals surface area contributed by atoms with E-state index < -0.39 is 216 Å². The van der Waals surface area contributed by atoms with E-state index in [9.17, 15) is 64.0 Å². The number of benzene rings is 6. The Labute approximate surface area is 667 Å². The molecule has 20 N–H and O–H groups in total. The van der Waals surface area contributed by atoms with Gasteiger partial charge in [0.05, 0.1) is 34.0 Å². The van der Waals surface area contributed by atoms with E-state index in [0.29, 0.717) is 11.8 Å². The van der Waals surface area contributed by atoms with Gasteiger partial charge in [-0.15, -0.1) is 0 Å². The molecule has 37 heteroatoms. The van der Waals surface area contributed by atoms with Crippen LogP contribution in [-0.2, 0) is 58.9 Å². The van der Waals surface area contributed by atoms with Crippen LogP contribution in [0.2, 0.25) is 10.0 Å². The fourth-order valence-corrected chi connectivity index (χ4v) is 18.5. The number of nitrogens with two attached hydrogens (primary N) is 1. The number of likely N-dealkylation sites (N-methyl/N-ethyl adjacent to an activating group) is 1. The second-order valence-corrected chi connectivity index (χ2v) is 33.2. The van der Waals surface area contributed by atoms with Gasteiger partial charge < -0.3 is 118 Å². The van der Waals surface area contributed by atoms with Crippen LogP contribution in [0.4, 0.5) is 0 Å². The van der Waals surface area contributed by atoms with Gasteiger partial charge in [-0.2, -0.15) is 0 Å². The lowest BCUT2D eigenvalue weighted by atomic mass is 9.54. The molecule has 4 saturated carbocycles. The number of hydrogen-bond donors (Lipinski definition) is 19. The highest BCUT2D eigenvalue weighted by Crippen LogP contribution is 2.56. The van der Waals surface area contributed by atoms with Gasteiger partial charge in [0.1, 0.15) is 102 Å². The maximum Gasteiger partial charge on any atom is 0.264 e. The molecule has 5 aliphatic carbocycles. The minimum atomic E-state index is -4.90. The molecular formula is C78H86Cl2N10O24S. The largest absolute Gasteiger partial charge is 0.508 e. The molecule has 1 saturated heterocycles. The number of carbonyl (C=O) groups excluding carboxylic acids is 8. The van der Waals surface area contributed by atoms with Crippen LogP contribution in [0.5, 0.6) is 40.2 Å². The molecule has 0 spiro atoms. The van der Waals surface area contributed by atoms with Crippen LogP contribution < -0.4 is 71.9 Å². The number of amides is 8. The van der Waals surface area contributed by atoms with Gasteiger partial charge in [-0.25, -0.2) is 13.1 Å². The molecule has 11 aliphatic rings. The predicted molar refractivity (Wildman–Crippen MR) is 403 cm³/mol. The Balaban J connectivity index is 0.958. The second kappa shape index (κ2) is 32.7. The minimum absolute atomic E-state index is 0.0517. The van der Waals surface area contributed by atoms with E-state index in [-0.39, 0.29) is 93.8 Å². The highest BCUT2D eigenvalue weighted by atomic mass is 35.5. The van der Waals surface area contributed by atoms with Crippen molar-refractivity contribution < 1.29 is 116 Å². The molecule has 0 aromatic heterocycles. The van der Waals surface area contributed by atoms with Crippen molar-refractivity contribution >= 4 is 80.5 Å². The van der Waals surface area contributed by atoms with Crippen molar-refractivity contribution in [3.8, 4) is 51.4 Å². The third kappa shape index (κ3) is 16.3. The zero-order valence-electron chi connectivity index (χ0n) is 61.8. The number of phenolic OH excluding ortho intramolecular Hbond substituents is 1. The van der Waals surface area contributed by atoms with Gasteiger partial charge in [-0.3, -0.25) is 38.4 Å². The van der Waals surface area contributed by atoms with Gasteiger partial charge in [0.25, 0.3) is 10.0 Å². The summed E-state index contributed by atoms with van der Waals surface area (Å²) in [7, 11) is -3.45. The Morgan fingerprint density at radius 2 is 1.27 bits per heavy atom. The minimum Gasteiger partial charge on any atom is -0.508 e. The number of hydrogen-bond acceptors (Lipinski definition) is 26. The van der Waals surface area contributed by atoms with Crippen LogP contribution >= 0.6 is 23.2 Å². The first-order chi connectivity index (χ1) is 54.7. The van der Waals surface area contributed by atoms with E-state index in [1.54, 1.807) is 13.8 Å². The van der Waals surface area contributed by atoms with Crippen molar-refractivity contribution in [1.29, 1.82) is 0 Å². The highest BCUT2D eigenvalue weighted by Gasteiger charge is 2.52. The summed E-state index contributed by atoms with van der Waals surface area (Å²) in [5.41, 5.74) is 3.22. The van der Waals surface area contributed by atoms with E-state index >= 15 is 28.8 Å². The average Bonchev–Trinajstić information content (AvgIpc) is 1.56. The van der Waals surface area contributed by atoms with Crippen molar-refractivity contribution in [3.63, 3.8) is 0 Å². The van der Waals surface area contributed by atoms with Gasteiger partial charge in [-0.1, -0.05) is 61.3 Å². The average molecular weight is 1650 g/mol. The summed E-state index contributed by atoms with van der Waals surface area (Å²) >= 11 is 14.2. The molecule has 14 unspecified atom stereocenters. The topological polar surface area (TPSA) is 533 Å². The molecule has 5 fully saturated rings. The molecule has 8 amide bonds. The van der Waals surface area contributed by atoms with Crippen LogP contribution in [-0.4, -0.2) is 189 Å². The van der Waals surface area contributed by atoms with Gasteiger partial charge in [0.15, 0.2) is 11.5 Å². The zero-order chi connectivity index (χ0) is 82.1. The molecule has 14 atom stereocenters. The van der Waals surface area contributed by atoms with E-state index in [0.717, 1.165) is 92.8 Å². The number of phenols is 1. The smallest absolute Gasteiger partial charge is 0.264 e. The fraction of sp³-hybridized carbons (Fsp3) is 0.436. The first-order valence-electron chi connectivity index (χ1n) is 37.4. The summed E-state index contributed by atoms with van der Waals surface area (Å²) in [4.78, 5) is 123. The zero-order valence-corrected chi connectivity index (χ0v) is 64.2. The third-order valence-corrected chi connectivity index (χ3v) is 24.5. The molecular weight excluding hydrogens is 1560 g/mol. The van der Waals surface area contributed by atoms with E-state index in [2.05, 4.69) is 42.5 Å². The Morgan fingerprint density at radius 1 is 0.661 bits per heavy atom. The molecule has 34 nitrogen and oxygen atoms in total. The molecule has 0 radical (unpaired) electrons. The van der Waals surface area contributed by atoms with Gasteiger partial charge >= 0.3 is 0 Å². The SMILES string of the molecule is CNC(CC(C)C)C(=O)NC1C(=O)NC(CC(=O)NS(=O)(=O)c2ccc(OCCN)cc2)C(=O)NC2C(=O)NC3C(=O)NC(C(=O)NC(C(=O)NC4C5CC6CC(C5)CC4C6)c4cc(O)cc5c4-c4cc3ccc4C5(O)O)C(O)c3ccc(c(Cl)c3)Oc3cc2cc(c3OC2OC(CO)C(O)C(O)C2O)Oc2ccc(cc2Cl)C1O. The summed E-state index contributed by atoms with van der Waals surface area (Å²) in [6, 6.07) is 4.64. The van der Waals surface area contributed by atoms with Gasteiger partial charge in [-0.05, 0) is 193 Å². The first-order valence-corrected chi connectivity index (χ1v) is 39.7. The molecule has 6 aliphatic heterocycles.